The van der Waals surface area contributed by atoms with Crippen molar-refractivity contribution in [3.05, 3.63) is 44.7 Å². The molecule has 19 heavy (non-hydrogen) atoms. The Morgan fingerprint density at radius 3 is 2.95 bits per heavy atom. The van der Waals surface area contributed by atoms with E-state index in [9.17, 15) is 0 Å². The van der Waals surface area contributed by atoms with Crippen LogP contribution in [-0.4, -0.2) is 10.2 Å². The molecule has 1 atom stereocenters. The van der Waals surface area contributed by atoms with E-state index < -0.39 is 0 Å². The van der Waals surface area contributed by atoms with Crippen molar-refractivity contribution in [3.63, 3.8) is 0 Å². The number of H-pyrrole nitrogens is 1. The number of hydrogen-bond acceptors (Lipinski definition) is 3. The van der Waals surface area contributed by atoms with E-state index in [1.807, 2.05) is 24.3 Å². The standard InChI is InChI=1S/C13H11Cl2N3S/c1-7(9-5-11(14)19-13(9)15)17-10-4-2-3-8-6-16-18-12(8)10/h2-7,17H,1H3,(H,16,18). The van der Waals surface area contributed by atoms with E-state index in [2.05, 4.69) is 22.4 Å². The van der Waals surface area contributed by atoms with Crippen LogP contribution in [0.4, 0.5) is 5.69 Å². The van der Waals surface area contributed by atoms with Crippen LogP contribution in [0.15, 0.2) is 30.5 Å². The minimum atomic E-state index is 0.0742. The number of aromatic nitrogens is 2. The molecule has 1 aromatic carbocycles. The summed E-state index contributed by atoms with van der Waals surface area (Å²) in [7, 11) is 0. The highest BCUT2D eigenvalue weighted by Gasteiger charge is 2.14. The van der Waals surface area contributed by atoms with Crippen molar-refractivity contribution in [1.29, 1.82) is 0 Å². The van der Waals surface area contributed by atoms with Gasteiger partial charge in [-0.1, -0.05) is 35.3 Å². The number of nitrogens with zero attached hydrogens (tertiary/aromatic N) is 1. The van der Waals surface area contributed by atoms with Gasteiger partial charge < -0.3 is 5.32 Å². The molecule has 0 aliphatic rings. The van der Waals surface area contributed by atoms with Crippen LogP contribution in [0.25, 0.3) is 10.9 Å². The minimum Gasteiger partial charge on any atom is -0.377 e. The van der Waals surface area contributed by atoms with Gasteiger partial charge in [0, 0.05) is 10.9 Å². The van der Waals surface area contributed by atoms with E-state index in [0.717, 1.165) is 26.5 Å². The second kappa shape index (κ2) is 5.04. The van der Waals surface area contributed by atoms with Gasteiger partial charge in [0.15, 0.2) is 0 Å². The molecular formula is C13H11Cl2N3S. The highest BCUT2D eigenvalue weighted by Crippen LogP contribution is 2.36. The van der Waals surface area contributed by atoms with E-state index >= 15 is 0 Å². The van der Waals surface area contributed by atoms with Crippen molar-refractivity contribution >= 4 is 51.1 Å². The number of anilines is 1. The summed E-state index contributed by atoms with van der Waals surface area (Å²) in [6.45, 7) is 2.06. The summed E-state index contributed by atoms with van der Waals surface area (Å²) in [5.41, 5.74) is 3.00. The van der Waals surface area contributed by atoms with Crippen LogP contribution in [-0.2, 0) is 0 Å². The van der Waals surface area contributed by atoms with Gasteiger partial charge in [0.2, 0.25) is 0 Å². The monoisotopic (exact) mass is 311 g/mol. The molecular weight excluding hydrogens is 301 g/mol. The number of fused-ring (bicyclic) bond motifs is 1. The van der Waals surface area contributed by atoms with E-state index in [4.69, 9.17) is 23.2 Å². The Kier molecular flexibility index (Phi) is 3.39. The highest BCUT2D eigenvalue weighted by atomic mass is 35.5. The van der Waals surface area contributed by atoms with E-state index in [1.54, 1.807) is 6.20 Å². The van der Waals surface area contributed by atoms with Gasteiger partial charge in [0.25, 0.3) is 0 Å². The molecule has 2 aromatic heterocycles. The van der Waals surface area contributed by atoms with Crippen molar-refractivity contribution in [1.82, 2.24) is 10.2 Å². The predicted molar refractivity (Wildman–Crippen MR) is 82.5 cm³/mol. The van der Waals surface area contributed by atoms with Crippen molar-refractivity contribution in [3.8, 4) is 0 Å². The maximum Gasteiger partial charge on any atom is 0.0996 e. The van der Waals surface area contributed by atoms with Gasteiger partial charge in [-0.3, -0.25) is 5.10 Å². The number of rotatable bonds is 3. The van der Waals surface area contributed by atoms with Crippen LogP contribution in [0.5, 0.6) is 0 Å². The Balaban J connectivity index is 1.92. The lowest BCUT2D eigenvalue weighted by Gasteiger charge is -2.15. The Morgan fingerprint density at radius 2 is 2.21 bits per heavy atom. The molecule has 0 aliphatic heterocycles. The normalized spacial score (nSPS) is 12.8. The summed E-state index contributed by atoms with van der Waals surface area (Å²) >= 11 is 13.5. The molecule has 1 unspecified atom stereocenters. The fraction of sp³-hybridized carbons (Fsp3) is 0.154. The fourth-order valence-corrected chi connectivity index (χ4v) is 3.69. The Morgan fingerprint density at radius 1 is 1.37 bits per heavy atom. The van der Waals surface area contributed by atoms with Gasteiger partial charge in [-0.25, -0.2) is 0 Å². The first-order valence-corrected chi connectivity index (χ1v) is 7.36. The van der Waals surface area contributed by atoms with Crippen LogP contribution in [0.3, 0.4) is 0 Å². The van der Waals surface area contributed by atoms with Gasteiger partial charge in [0.1, 0.15) is 0 Å². The lowest BCUT2D eigenvalue weighted by Crippen LogP contribution is -2.06. The van der Waals surface area contributed by atoms with Gasteiger partial charge in [-0.15, -0.1) is 11.3 Å². The quantitative estimate of drug-likeness (QED) is 0.706. The average molecular weight is 312 g/mol. The largest absolute Gasteiger partial charge is 0.377 e. The van der Waals surface area contributed by atoms with Gasteiger partial charge in [0.05, 0.1) is 32.1 Å². The van der Waals surface area contributed by atoms with Crippen molar-refractivity contribution in [2.75, 3.05) is 5.32 Å². The smallest absolute Gasteiger partial charge is 0.0996 e. The molecule has 0 radical (unpaired) electrons. The fourth-order valence-electron chi connectivity index (χ4n) is 2.05. The highest BCUT2D eigenvalue weighted by molar-refractivity contribution is 7.20. The number of nitrogens with one attached hydrogen (secondary N) is 2. The molecule has 0 spiro atoms. The number of para-hydroxylation sites is 1. The number of thiophene rings is 1. The zero-order valence-electron chi connectivity index (χ0n) is 10.1. The Hall–Kier alpha value is -1.23. The maximum atomic E-state index is 6.18. The van der Waals surface area contributed by atoms with E-state index in [1.165, 1.54) is 11.3 Å². The number of aromatic amines is 1. The van der Waals surface area contributed by atoms with Crippen LogP contribution in [0.1, 0.15) is 18.5 Å². The van der Waals surface area contributed by atoms with Crippen LogP contribution in [0, 0.1) is 0 Å². The molecule has 98 valence electrons. The van der Waals surface area contributed by atoms with Gasteiger partial charge in [-0.2, -0.15) is 5.10 Å². The first-order chi connectivity index (χ1) is 9.15. The second-order valence-electron chi connectivity index (χ2n) is 4.29. The maximum absolute atomic E-state index is 6.18. The molecule has 2 N–H and O–H groups in total. The lowest BCUT2D eigenvalue weighted by molar-refractivity contribution is 0.892. The zero-order chi connectivity index (χ0) is 13.4. The second-order valence-corrected chi connectivity index (χ2v) is 6.57. The molecule has 3 rings (SSSR count). The summed E-state index contributed by atoms with van der Waals surface area (Å²) in [5.74, 6) is 0. The summed E-state index contributed by atoms with van der Waals surface area (Å²) < 4.78 is 1.43. The minimum absolute atomic E-state index is 0.0742. The first-order valence-electron chi connectivity index (χ1n) is 5.78. The molecule has 6 heteroatoms. The lowest BCUT2D eigenvalue weighted by atomic mass is 10.1. The summed E-state index contributed by atoms with van der Waals surface area (Å²) in [4.78, 5) is 0. The van der Waals surface area contributed by atoms with E-state index in [0.29, 0.717) is 4.34 Å². The topological polar surface area (TPSA) is 40.7 Å². The van der Waals surface area contributed by atoms with Crippen molar-refractivity contribution in [2.45, 2.75) is 13.0 Å². The SMILES string of the molecule is CC(Nc1cccc2cn[nH]c12)c1cc(Cl)sc1Cl. The molecule has 3 aromatic rings. The summed E-state index contributed by atoms with van der Waals surface area (Å²) in [6, 6.07) is 8.00. The first kappa shape index (κ1) is 12.8. The molecule has 0 bridgehead atoms. The van der Waals surface area contributed by atoms with Gasteiger partial charge in [-0.05, 0) is 19.1 Å². The van der Waals surface area contributed by atoms with Gasteiger partial charge >= 0.3 is 0 Å². The molecule has 0 aliphatic carbocycles. The number of halogens is 2. The third-order valence-corrected chi connectivity index (χ3v) is 4.52. The summed E-state index contributed by atoms with van der Waals surface area (Å²) in [5, 5.41) is 11.6. The third-order valence-electron chi connectivity index (χ3n) is 3.00. The average Bonchev–Trinajstić information content (AvgIpc) is 2.96. The Labute approximate surface area is 124 Å². The van der Waals surface area contributed by atoms with Crippen molar-refractivity contribution in [2.24, 2.45) is 0 Å². The summed E-state index contributed by atoms with van der Waals surface area (Å²) in [6.07, 6.45) is 1.81. The van der Waals surface area contributed by atoms with E-state index in [-0.39, 0.29) is 6.04 Å². The van der Waals surface area contributed by atoms with Crippen LogP contribution < -0.4 is 5.32 Å². The Bertz CT molecular complexity index is 720. The number of hydrogen-bond donors (Lipinski definition) is 2. The molecule has 3 nitrogen and oxygen atoms in total. The van der Waals surface area contributed by atoms with Crippen LogP contribution in [0.2, 0.25) is 8.67 Å². The third kappa shape index (κ3) is 2.43. The molecule has 0 saturated heterocycles. The molecule has 2 heterocycles. The zero-order valence-corrected chi connectivity index (χ0v) is 12.4. The predicted octanol–water partition coefficient (Wildman–Crippen LogP) is 5.10. The molecule has 0 amide bonds. The van der Waals surface area contributed by atoms with Crippen molar-refractivity contribution < 1.29 is 0 Å². The number of benzene rings is 1. The molecule has 0 fully saturated rings. The van der Waals surface area contributed by atoms with Crippen LogP contribution >= 0.6 is 34.5 Å². The molecule has 0 saturated carbocycles.